The molecule has 2 heterocycles. The molecule has 3 rings (SSSR count). The van der Waals surface area contributed by atoms with Crippen molar-refractivity contribution < 1.29 is 14.4 Å². The highest BCUT2D eigenvalue weighted by Gasteiger charge is 2.23. The van der Waals surface area contributed by atoms with Crippen LogP contribution in [-0.2, 0) is 14.4 Å². The summed E-state index contributed by atoms with van der Waals surface area (Å²) in [6, 6.07) is 7.76. The molecule has 2 aliphatic rings. The molecule has 0 spiro atoms. The first-order valence-electron chi connectivity index (χ1n) is 9.79. The summed E-state index contributed by atoms with van der Waals surface area (Å²) < 4.78 is 0. The minimum Gasteiger partial charge on any atom is -0.369 e. The van der Waals surface area contributed by atoms with E-state index in [0.717, 1.165) is 31.9 Å². The average Bonchev–Trinajstić information content (AvgIpc) is 2.69. The minimum absolute atomic E-state index is 0.0184. The first-order chi connectivity index (χ1) is 13.4. The molecular formula is C20H29N5O3. The maximum atomic E-state index is 12.3. The largest absolute Gasteiger partial charge is 0.369 e. The topological polar surface area (TPSA) is 76.2 Å². The number of hydrogen-bond acceptors (Lipinski definition) is 5. The lowest BCUT2D eigenvalue weighted by molar-refractivity contribution is -0.140. The third kappa shape index (κ3) is 5.22. The van der Waals surface area contributed by atoms with Crippen molar-refractivity contribution in [2.45, 2.75) is 13.3 Å². The van der Waals surface area contributed by atoms with Gasteiger partial charge in [-0.2, -0.15) is 0 Å². The number of hydrogen-bond donors (Lipinski definition) is 1. The summed E-state index contributed by atoms with van der Waals surface area (Å²) in [5.74, 6) is -0.494. The summed E-state index contributed by atoms with van der Waals surface area (Å²) in [6.07, 6.45) is -0.180. The fourth-order valence-electron chi connectivity index (χ4n) is 3.55. The molecule has 0 saturated carbocycles. The van der Waals surface area contributed by atoms with Gasteiger partial charge in [-0.15, -0.1) is 0 Å². The molecule has 2 aliphatic heterocycles. The summed E-state index contributed by atoms with van der Waals surface area (Å²) in [5, 5.41) is 2.80. The molecule has 0 aliphatic carbocycles. The van der Waals surface area contributed by atoms with Crippen LogP contribution in [0.5, 0.6) is 0 Å². The predicted molar refractivity (Wildman–Crippen MR) is 108 cm³/mol. The van der Waals surface area contributed by atoms with E-state index >= 15 is 0 Å². The zero-order valence-corrected chi connectivity index (χ0v) is 16.7. The highest BCUT2D eigenvalue weighted by molar-refractivity contribution is 6.03. The summed E-state index contributed by atoms with van der Waals surface area (Å²) in [5.41, 5.74) is 1.84. The number of rotatable bonds is 4. The summed E-state index contributed by atoms with van der Waals surface area (Å²) in [6.45, 7) is 7.60. The van der Waals surface area contributed by atoms with Crippen LogP contribution in [0.15, 0.2) is 24.3 Å². The van der Waals surface area contributed by atoms with Gasteiger partial charge in [-0.05, 0) is 31.3 Å². The number of amides is 3. The quantitative estimate of drug-likeness (QED) is 0.760. The van der Waals surface area contributed by atoms with Crippen molar-refractivity contribution in [3.8, 4) is 0 Å². The van der Waals surface area contributed by atoms with E-state index in [-0.39, 0.29) is 24.1 Å². The van der Waals surface area contributed by atoms with Gasteiger partial charge in [0.2, 0.25) is 17.7 Å². The Labute approximate surface area is 166 Å². The number of anilines is 2. The molecule has 1 N–H and O–H groups in total. The molecule has 0 bridgehead atoms. The molecule has 0 aromatic heterocycles. The van der Waals surface area contributed by atoms with Crippen LogP contribution in [0, 0.1) is 0 Å². The van der Waals surface area contributed by atoms with E-state index in [1.165, 1.54) is 6.92 Å². The highest BCUT2D eigenvalue weighted by atomic mass is 16.2. The Balaban J connectivity index is 1.45. The molecule has 0 atom stereocenters. The van der Waals surface area contributed by atoms with Gasteiger partial charge in [0.1, 0.15) is 6.42 Å². The standard InChI is InChI=1S/C20H29N5O3/c1-16(26)23-11-13-25(14-12-23)20(28)15-19(27)21-17-3-5-18(6-4-17)24-9-7-22(2)8-10-24/h3-6H,7-15H2,1-2H3,(H,21,27). The Morgan fingerprint density at radius 3 is 2.00 bits per heavy atom. The summed E-state index contributed by atoms with van der Waals surface area (Å²) >= 11 is 0. The van der Waals surface area contributed by atoms with Gasteiger partial charge in [0, 0.05) is 70.7 Å². The Hall–Kier alpha value is -2.61. The molecule has 0 unspecified atom stereocenters. The van der Waals surface area contributed by atoms with Crippen molar-refractivity contribution >= 4 is 29.1 Å². The van der Waals surface area contributed by atoms with Crippen molar-refractivity contribution in [3.05, 3.63) is 24.3 Å². The molecule has 28 heavy (non-hydrogen) atoms. The van der Waals surface area contributed by atoms with Crippen LogP contribution >= 0.6 is 0 Å². The molecule has 2 fully saturated rings. The monoisotopic (exact) mass is 387 g/mol. The predicted octanol–water partition coefficient (Wildman–Crippen LogP) is 0.458. The van der Waals surface area contributed by atoms with Crippen LogP contribution in [-0.4, -0.2) is 91.8 Å². The van der Waals surface area contributed by atoms with E-state index in [1.54, 1.807) is 9.80 Å². The van der Waals surface area contributed by atoms with Crippen molar-refractivity contribution in [3.63, 3.8) is 0 Å². The van der Waals surface area contributed by atoms with Crippen LogP contribution in [0.25, 0.3) is 0 Å². The lowest BCUT2D eigenvalue weighted by atomic mass is 10.2. The fraction of sp³-hybridized carbons (Fsp3) is 0.550. The van der Waals surface area contributed by atoms with Gasteiger partial charge >= 0.3 is 0 Å². The zero-order chi connectivity index (χ0) is 20.1. The SMILES string of the molecule is CC(=O)N1CCN(C(=O)CC(=O)Nc2ccc(N3CCN(C)CC3)cc2)CC1. The second-order valence-electron chi connectivity index (χ2n) is 7.45. The number of benzene rings is 1. The Kier molecular flexibility index (Phi) is 6.51. The van der Waals surface area contributed by atoms with Gasteiger partial charge in [-0.3, -0.25) is 14.4 Å². The number of likely N-dealkylation sites (N-methyl/N-ethyl adjacent to an activating group) is 1. The van der Waals surface area contributed by atoms with E-state index in [9.17, 15) is 14.4 Å². The number of carbonyl (C=O) groups excluding carboxylic acids is 3. The van der Waals surface area contributed by atoms with E-state index in [1.807, 2.05) is 24.3 Å². The average molecular weight is 387 g/mol. The molecule has 152 valence electrons. The molecule has 1 aromatic rings. The maximum absolute atomic E-state index is 12.3. The molecule has 3 amide bonds. The normalized spacial score (nSPS) is 18.1. The highest BCUT2D eigenvalue weighted by Crippen LogP contribution is 2.19. The Bertz CT molecular complexity index is 705. The van der Waals surface area contributed by atoms with Gasteiger partial charge in [0.05, 0.1) is 0 Å². The maximum Gasteiger partial charge on any atom is 0.233 e. The van der Waals surface area contributed by atoms with E-state index in [4.69, 9.17) is 0 Å². The summed E-state index contributed by atoms with van der Waals surface area (Å²) in [4.78, 5) is 43.9. The van der Waals surface area contributed by atoms with Crippen LogP contribution in [0.4, 0.5) is 11.4 Å². The number of piperazine rings is 2. The Morgan fingerprint density at radius 1 is 0.857 bits per heavy atom. The van der Waals surface area contributed by atoms with E-state index in [0.29, 0.717) is 31.9 Å². The van der Waals surface area contributed by atoms with E-state index < -0.39 is 0 Å². The van der Waals surface area contributed by atoms with Gasteiger partial charge in [-0.1, -0.05) is 0 Å². The molecule has 0 radical (unpaired) electrons. The lowest BCUT2D eigenvalue weighted by Gasteiger charge is -2.34. The first kappa shape index (κ1) is 20.1. The number of nitrogens with one attached hydrogen (secondary N) is 1. The third-order valence-corrected chi connectivity index (χ3v) is 5.41. The first-order valence-corrected chi connectivity index (χ1v) is 9.79. The zero-order valence-electron chi connectivity index (χ0n) is 16.7. The third-order valence-electron chi connectivity index (χ3n) is 5.41. The molecule has 8 heteroatoms. The molecule has 1 aromatic carbocycles. The number of carbonyl (C=O) groups is 3. The second kappa shape index (κ2) is 9.05. The van der Waals surface area contributed by atoms with Gasteiger partial charge in [-0.25, -0.2) is 0 Å². The van der Waals surface area contributed by atoms with Crippen molar-refractivity contribution in [2.75, 3.05) is 69.6 Å². The molecule has 8 nitrogen and oxygen atoms in total. The summed E-state index contributed by atoms with van der Waals surface area (Å²) in [7, 11) is 2.13. The smallest absolute Gasteiger partial charge is 0.233 e. The van der Waals surface area contributed by atoms with Crippen LogP contribution in [0.2, 0.25) is 0 Å². The van der Waals surface area contributed by atoms with Gasteiger partial charge in [0.15, 0.2) is 0 Å². The van der Waals surface area contributed by atoms with E-state index in [2.05, 4.69) is 22.2 Å². The fourth-order valence-corrected chi connectivity index (χ4v) is 3.55. The minimum atomic E-state index is -0.314. The van der Waals surface area contributed by atoms with Crippen LogP contribution in [0.1, 0.15) is 13.3 Å². The number of nitrogens with zero attached hydrogens (tertiary/aromatic N) is 4. The molecule has 2 saturated heterocycles. The van der Waals surface area contributed by atoms with Crippen molar-refractivity contribution in [1.29, 1.82) is 0 Å². The van der Waals surface area contributed by atoms with Crippen LogP contribution < -0.4 is 10.2 Å². The van der Waals surface area contributed by atoms with Gasteiger partial charge < -0.3 is 24.9 Å². The van der Waals surface area contributed by atoms with Crippen LogP contribution in [0.3, 0.4) is 0 Å². The van der Waals surface area contributed by atoms with Gasteiger partial charge in [0.25, 0.3) is 0 Å². The lowest BCUT2D eigenvalue weighted by Crippen LogP contribution is -2.50. The second-order valence-corrected chi connectivity index (χ2v) is 7.45. The molecular weight excluding hydrogens is 358 g/mol. The van der Waals surface area contributed by atoms with Crippen molar-refractivity contribution in [1.82, 2.24) is 14.7 Å². The van der Waals surface area contributed by atoms with Crippen molar-refractivity contribution in [2.24, 2.45) is 0 Å². The Morgan fingerprint density at radius 2 is 1.43 bits per heavy atom.